The van der Waals surface area contributed by atoms with Gasteiger partial charge in [-0.1, -0.05) is 41.8 Å². The molecule has 1 amide bonds. The minimum atomic E-state index is -0.0604. The Morgan fingerprint density at radius 3 is 2.80 bits per heavy atom. The third kappa shape index (κ3) is 3.91. The van der Waals surface area contributed by atoms with E-state index in [9.17, 15) is 4.79 Å². The Kier molecular flexibility index (Phi) is 5.51. The lowest BCUT2D eigenvalue weighted by Gasteiger charge is -2.09. The average molecular weight is 392 g/mol. The van der Waals surface area contributed by atoms with Crippen LogP contribution in [0.5, 0.6) is 5.75 Å². The maximum Gasteiger partial charge on any atom is 0.265 e. The van der Waals surface area contributed by atoms with Crippen LogP contribution in [-0.4, -0.2) is 38.8 Å². The fraction of sp³-hybridized carbons (Fsp3) is 0.235. The number of likely N-dealkylation sites (N-methyl/N-ethyl adjacent to an activating group) is 1. The summed E-state index contributed by atoms with van der Waals surface area (Å²) < 4.78 is 8.02. The van der Waals surface area contributed by atoms with Gasteiger partial charge in [-0.05, 0) is 23.8 Å². The number of amides is 1. The summed E-state index contributed by atoms with van der Waals surface area (Å²) in [6.45, 7) is 0. The van der Waals surface area contributed by atoms with Gasteiger partial charge < -0.3 is 9.30 Å². The number of aryl methyl sites for hydroxylation is 1. The van der Waals surface area contributed by atoms with Gasteiger partial charge >= 0.3 is 0 Å². The van der Waals surface area contributed by atoms with E-state index < -0.39 is 0 Å². The van der Waals surface area contributed by atoms with Gasteiger partial charge in [0.1, 0.15) is 10.1 Å². The monoisotopic (exact) mass is 391 g/mol. The fourth-order valence-electron chi connectivity index (χ4n) is 2.33. The SMILES string of the molecule is COc1ccc(/C=C2\SC(=S)N(C)C2=O)cc1CSc1nccn1C. The van der Waals surface area contributed by atoms with Crippen molar-refractivity contribution < 1.29 is 9.53 Å². The summed E-state index contributed by atoms with van der Waals surface area (Å²) in [7, 11) is 5.32. The molecule has 0 spiro atoms. The predicted molar refractivity (Wildman–Crippen MR) is 107 cm³/mol. The first-order valence-corrected chi connectivity index (χ1v) is 9.69. The number of rotatable bonds is 5. The molecule has 0 radical (unpaired) electrons. The number of hydrogen-bond acceptors (Lipinski definition) is 6. The molecular weight excluding hydrogens is 374 g/mol. The minimum absolute atomic E-state index is 0.0604. The lowest BCUT2D eigenvalue weighted by molar-refractivity contribution is -0.121. The van der Waals surface area contributed by atoms with Crippen LogP contribution in [0.25, 0.3) is 6.08 Å². The summed E-state index contributed by atoms with van der Waals surface area (Å²) in [5, 5.41) is 0.944. The Morgan fingerprint density at radius 1 is 1.40 bits per heavy atom. The van der Waals surface area contributed by atoms with Crippen molar-refractivity contribution in [1.82, 2.24) is 14.5 Å². The Balaban J connectivity index is 1.84. The average Bonchev–Trinajstić information content (AvgIpc) is 3.12. The first-order chi connectivity index (χ1) is 12.0. The minimum Gasteiger partial charge on any atom is -0.496 e. The highest BCUT2D eigenvalue weighted by molar-refractivity contribution is 8.26. The topological polar surface area (TPSA) is 47.4 Å². The summed E-state index contributed by atoms with van der Waals surface area (Å²) in [6.07, 6.45) is 5.57. The second kappa shape index (κ2) is 7.63. The molecule has 1 aromatic heterocycles. The molecule has 0 bridgehead atoms. The van der Waals surface area contributed by atoms with E-state index in [2.05, 4.69) is 4.98 Å². The maximum atomic E-state index is 12.2. The largest absolute Gasteiger partial charge is 0.496 e. The van der Waals surface area contributed by atoms with Gasteiger partial charge in [-0.25, -0.2) is 4.98 Å². The van der Waals surface area contributed by atoms with Crippen molar-refractivity contribution in [3.05, 3.63) is 46.6 Å². The van der Waals surface area contributed by atoms with Crippen molar-refractivity contribution in [3.63, 3.8) is 0 Å². The Bertz CT molecular complexity index is 861. The summed E-state index contributed by atoms with van der Waals surface area (Å²) in [5.74, 6) is 1.49. The second-order valence-electron chi connectivity index (χ2n) is 5.42. The molecule has 1 aliphatic heterocycles. The molecule has 0 atom stereocenters. The normalized spacial score (nSPS) is 16.1. The zero-order chi connectivity index (χ0) is 18.0. The quantitative estimate of drug-likeness (QED) is 0.441. The first-order valence-electron chi connectivity index (χ1n) is 7.48. The number of carbonyl (C=O) groups is 1. The molecule has 3 rings (SSSR count). The number of methoxy groups -OCH3 is 1. The molecule has 2 aromatic rings. The van der Waals surface area contributed by atoms with Crippen LogP contribution in [0.3, 0.4) is 0 Å². The number of benzene rings is 1. The second-order valence-corrected chi connectivity index (χ2v) is 8.04. The van der Waals surface area contributed by atoms with Gasteiger partial charge in [0.05, 0.1) is 12.0 Å². The van der Waals surface area contributed by atoms with Gasteiger partial charge in [0, 0.05) is 37.8 Å². The van der Waals surface area contributed by atoms with E-state index in [0.717, 1.165) is 27.8 Å². The highest BCUT2D eigenvalue weighted by atomic mass is 32.2. The standard InChI is InChI=1S/C17H17N3O2S3/c1-19-7-6-18-16(19)24-10-12-8-11(4-5-13(12)22-3)9-14-15(21)20(2)17(23)25-14/h4-9H,10H2,1-3H3/b14-9-. The van der Waals surface area contributed by atoms with Gasteiger partial charge in [-0.15, -0.1) is 0 Å². The van der Waals surface area contributed by atoms with E-state index >= 15 is 0 Å². The van der Waals surface area contributed by atoms with Crippen molar-refractivity contribution in [2.45, 2.75) is 10.9 Å². The molecule has 25 heavy (non-hydrogen) atoms. The molecular formula is C17H17N3O2S3. The first kappa shape index (κ1) is 18.0. The molecule has 5 nitrogen and oxygen atoms in total. The number of imidazole rings is 1. The van der Waals surface area contributed by atoms with Crippen LogP contribution in [0.1, 0.15) is 11.1 Å². The molecule has 0 aliphatic carbocycles. The summed E-state index contributed by atoms with van der Waals surface area (Å²) in [5.41, 5.74) is 2.00. The number of nitrogens with zero attached hydrogens (tertiary/aromatic N) is 3. The predicted octanol–water partition coefficient (Wildman–Crippen LogP) is 3.55. The molecule has 1 aromatic carbocycles. The fourth-order valence-corrected chi connectivity index (χ4v) is 4.42. The van der Waals surface area contributed by atoms with Crippen LogP contribution in [0.4, 0.5) is 0 Å². The van der Waals surface area contributed by atoms with E-state index in [4.69, 9.17) is 17.0 Å². The number of thioether (sulfide) groups is 2. The van der Waals surface area contributed by atoms with Crippen LogP contribution in [-0.2, 0) is 17.6 Å². The molecule has 0 N–H and O–H groups in total. The molecule has 1 aliphatic rings. The number of thiocarbonyl (C=S) groups is 1. The van der Waals surface area contributed by atoms with Gasteiger partial charge in [0.25, 0.3) is 5.91 Å². The van der Waals surface area contributed by atoms with Gasteiger partial charge in [-0.3, -0.25) is 9.69 Å². The molecule has 8 heteroatoms. The van der Waals surface area contributed by atoms with E-state index in [1.54, 1.807) is 32.1 Å². The third-order valence-corrected chi connectivity index (χ3v) is 6.31. The highest BCUT2D eigenvalue weighted by Gasteiger charge is 2.28. The van der Waals surface area contributed by atoms with Crippen LogP contribution >= 0.6 is 35.7 Å². The number of aromatic nitrogens is 2. The lowest BCUT2D eigenvalue weighted by Crippen LogP contribution is -2.22. The van der Waals surface area contributed by atoms with E-state index in [0.29, 0.717) is 9.23 Å². The van der Waals surface area contributed by atoms with E-state index in [1.165, 1.54) is 16.7 Å². The third-order valence-electron chi connectivity index (χ3n) is 3.72. The smallest absolute Gasteiger partial charge is 0.265 e. The van der Waals surface area contributed by atoms with Crippen molar-refractivity contribution in [2.24, 2.45) is 7.05 Å². The number of carbonyl (C=O) groups excluding carboxylic acids is 1. The van der Waals surface area contributed by atoms with Crippen LogP contribution in [0.15, 0.2) is 40.7 Å². The zero-order valence-corrected chi connectivity index (χ0v) is 16.5. The van der Waals surface area contributed by atoms with Crippen LogP contribution < -0.4 is 4.74 Å². The van der Waals surface area contributed by atoms with Gasteiger partial charge in [0.2, 0.25) is 0 Å². The Morgan fingerprint density at radius 2 is 2.20 bits per heavy atom. The van der Waals surface area contributed by atoms with E-state index in [1.807, 2.05) is 42.1 Å². The lowest BCUT2D eigenvalue weighted by atomic mass is 10.1. The van der Waals surface area contributed by atoms with Crippen molar-refractivity contribution >= 4 is 52.0 Å². The van der Waals surface area contributed by atoms with Gasteiger partial charge in [-0.2, -0.15) is 0 Å². The molecule has 2 heterocycles. The number of hydrogen-bond donors (Lipinski definition) is 0. The molecule has 130 valence electrons. The number of ether oxygens (including phenoxy) is 1. The van der Waals surface area contributed by atoms with E-state index in [-0.39, 0.29) is 5.91 Å². The maximum absolute atomic E-state index is 12.2. The highest BCUT2D eigenvalue weighted by Crippen LogP contribution is 2.33. The summed E-state index contributed by atoms with van der Waals surface area (Å²) in [4.78, 5) is 18.6. The van der Waals surface area contributed by atoms with Crippen molar-refractivity contribution in [3.8, 4) is 5.75 Å². The van der Waals surface area contributed by atoms with Crippen molar-refractivity contribution in [1.29, 1.82) is 0 Å². The Labute approximate surface area is 160 Å². The van der Waals surface area contributed by atoms with Crippen LogP contribution in [0, 0.1) is 0 Å². The molecule has 0 unspecified atom stereocenters. The Hall–Kier alpha value is -1.77. The van der Waals surface area contributed by atoms with Crippen molar-refractivity contribution in [2.75, 3.05) is 14.2 Å². The molecule has 1 fully saturated rings. The molecule has 1 saturated heterocycles. The summed E-state index contributed by atoms with van der Waals surface area (Å²) in [6, 6.07) is 5.90. The molecule has 0 saturated carbocycles. The zero-order valence-electron chi connectivity index (χ0n) is 14.1. The van der Waals surface area contributed by atoms with Crippen LogP contribution in [0.2, 0.25) is 0 Å². The van der Waals surface area contributed by atoms with Gasteiger partial charge in [0.15, 0.2) is 5.16 Å². The summed E-state index contributed by atoms with van der Waals surface area (Å²) >= 11 is 8.14.